The van der Waals surface area contributed by atoms with Gasteiger partial charge in [-0.25, -0.2) is 4.79 Å². The molecule has 2 aromatic rings. The second-order valence-corrected chi connectivity index (χ2v) is 6.72. The SMILES string of the molecule is CC(C)CCOC(=O)C(C)n1ccc2cc(C(C)C)ccc21. The predicted octanol–water partition coefficient (Wildman–Crippen LogP) is 4.92. The summed E-state index contributed by atoms with van der Waals surface area (Å²) < 4.78 is 7.39. The number of ether oxygens (including phenoxy) is 1. The number of hydrogen-bond acceptors (Lipinski definition) is 2. The molecule has 0 saturated carbocycles. The van der Waals surface area contributed by atoms with Crippen molar-refractivity contribution >= 4 is 16.9 Å². The van der Waals surface area contributed by atoms with Gasteiger partial charge in [0.05, 0.1) is 6.61 Å². The summed E-state index contributed by atoms with van der Waals surface area (Å²) in [6, 6.07) is 8.21. The Morgan fingerprint density at radius 1 is 1.14 bits per heavy atom. The molecule has 0 aliphatic carbocycles. The van der Waals surface area contributed by atoms with Gasteiger partial charge in [-0.3, -0.25) is 0 Å². The Morgan fingerprint density at radius 3 is 2.50 bits per heavy atom. The molecule has 1 unspecified atom stereocenters. The fraction of sp³-hybridized carbons (Fsp3) is 0.526. The van der Waals surface area contributed by atoms with E-state index in [0.29, 0.717) is 18.4 Å². The van der Waals surface area contributed by atoms with Crippen LogP contribution in [-0.4, -0.2) is 17.1 Å². The van der Waals surface area contributed by atoms with Crippen molar-refractivity contribution in [1.82, 2.24) is 4.57 Å². The highest BCUT2D eigenvalue weighted by molar-refractivity contribution is 5.84. The van der Waals surface area contributed by atoms with Gasteiger partial charge >= 0.3 is 5.97 Å². The quantitative estimate of drug-likeness (QED) is 0.709. The maximum absolute atomic E-state index is 12.2. The molecular formula is C19H27NO2. The molecule has 1 atom stereocenters. The zero-order chi connectivity index (χ0) is 16.3. The van der Waals surface area contributed by atoms with Crippen LogP contribution in [0.3, 0.4) is 0 Å². The molecule has 0 aliphatic heterocycles. The van der Waals surface area contributed by atoms with Crippen LogP contribution in [-0.2, 0) is 9.53 Å². The van der Waals surface area contributed by atoms with Crippen molar-refractivity contribution in [3.05, 3.63) is 36.0 Å². The summed E-state index contributed by atoms with van der Waals surface area (Å²) in [7, 11) is 0. The first-order chi connectivity index (χ1) is 10.4. The second-order valence-electron chi connectivity index (χ2n) is 6.72. The summed E-state index contributed by atoms with van der Waals surface area (Å²) in [5.41, 5.74) is 2.40. The summed E-state index contributed by atoms with van der Waals surface area (Å²) in [4.78, 5) is 12.2. The molecular weight excluding hydrogens is 274 g/mol. The maximum atomic E-state index is 12.2. The number of hydrogen-bond donors (Lipinski definition) is 0. The average Bonchev–Trinajstić information content (AvgIpc) is 2.88. The fourth-order valence-corrected chi connectivity index (χ4v) is 2.51. The first-order valence-electron chi connectivity index (χ1n) is 8.17. The maximum Gasteiger partial charge on any atom is 0.328 e. The highest BCUT2D eigenvalue weighted by Gasteiger charge is 2.18. The molecule has 0 fully saturated rings. The van der Waals surface area contributed by atoms with Gasteiger partial charge in [-0.2, -0.15) is 0 Å². The van der Waals surface area contributed by atoms with Gasteiger partial charge in [-0.15, -0.1) is 0 Å². The van der Waals surface area contributed by atoms with Crippen LogP contribution < -0.4 is 0 Å². The number of fused-ring (bicyclic) bond motifs is 1. The van der Waals surface area contributed by atoms with Crippen LogP contribution >= 0.6 is 0 Å². The van der Waals surface area contributed by atoms with Crippen LogP contribution in [0.5, 0.6) is 0 Å². The number of esters is 1. The van der Waals surface area contributed by atoms with Crippen LogP contribution in [0, 0.1) is 5.92 Å². The van der Waals surface area contributed by atoms with Crippen molar-refractivity contribution < 1.29 is 9.53 Å². The predicted molar refractivity (Wildman–Crippen MR) is 91.2 cm³/mol. The smallest absolute Gasteiger partial charge is 0.328 e. The molecule has 3 nitrogen and oxygen atoms in total. The lowest BCUT2D eigenvalue weighted by molar-refractivity contribution is -0.147. The zero-order valence-corrected chi connectivity index (χ0v) is 14.3. The third-order valence-electron chi connectivity index (χ3n) is 4.11. The molecule has 1 aromatic carbocycles. The van der Waals surface area contributed by atoms with Crippen molar-refractivity contribution in [1.29, 1.82) is 0 Å². The van der Waals surface area contributed by atoms with Gasteiger partial charge in [0.1, 0.15) is 6.04 Å². The van der Waals surface area contributed by atoms with E-state index in [4.69, 9.17) is 4.74 Å². The zero-order valence-electron chi connectivity index (χ0n) is 14.3. The molecule has 0 aliphatic rings. The lowest BCUT2D eigenvalue weighted by Crippen LogP contribution is -2.19. The summed E-state index contributed by atoms with van der Waals surface area (Å²) in [6.45, 7) is 11.0. The minimum absolute atomic E-state index is 0.161. The van der Waals surface area contributed by atoms with Gasteiger partial charge in [0.2, 0.25) is 0 Å². The van der Waals surface area contributed by atoms with E-state index in [9.17, 15) is 4.79 Å². The normalized spacial score (nSPS) is 13.0. The number of nitrogens with zero attached hydrogens (tertiary/aromatic N) is 1. The van der Waals surface area contributed by atoms with Gasteiger partial charge in [-0.1, -0.05) is 33.8 Å². The van der Waals surface area contributed by atoms with Crippen LogP contribution in [0.15, 0.2) is 30.5 Å². The molecule has 1 aromatic heterocycles. The Labute approximate surface area is 133 Å². The van der Waals surface area contributed by atoms with Gasteiger partial charge in [0.15, 0.2) is 0 Å². The van der Waals surface area contributed by atoms with Crippen molar-refractivity contribution in [3.8, 4) is 0 Å². The van der Waals surface area contributed by atoms with Crippen LogP contribution in [0.25, 0.3) is 10.9 Å². The van der Waals surface area contributed by atoms with E-state index in [2.05, 4.69) is 52.0 Å². The Hall–Kier alpha value is -1.77. The van der Waals surface area contributed by atoms with Crippen molar-refractivity contribution in [2.24, 2.45) is 5.92 Å². The van der Waals surface area contributed by atoms with Crippen LogP contribution in [0.2, 0.25) is 0 Å². The molecule has 3 heteroatoms. The first-order valence-corrected chi connectivity index (χ1v) is 8.17. The Morgan fingerprint density at radius 2 is 1.86 bits per heavy atom. The minimum atomic E-state index is -0.297. The van der Waals surface area contributed by atoms with E-state index in [0.717, 1.165) is 11.9 Å². The van der Waals surface area contributed by atoms with Crippen molar-refractivity contribution in [2.75, 3.05) is 6.61 Å². The van der Waals surface area contributed by atoms with E-state index in [1.165, 1.54) is 10.9 Å². The highest BCUT2D eigenvalue weighted by Crippen LogP contribution is 2.25. The van der Waals surface area contributed by atoms with Gasteiger partial charge < -0.3 is 9.30 Å². The Balaban J connectivity index is 2.14. The molecule has 0 amide bonds. The van der Waals surface area contributed by atoms with Crippen LogP contribution in [0.1, 0.15) is 58.6 Å². The van der Waals surface area contributed by atoms with Gasteiger partial charge in [0, 0.05) is 11.7 Å². The Bertz CT molecular complexity index is 640. The van der Waals surface area contributed by atoms with Gasteiger partial charge in [-0.05, 0) is 54.3 Å². The lowest BCUT2D eigenvalue weighted by Gasteiger charge is -2.15. The van der Waals surface area contributed by atoms with E-state index in [1.54, 1.807) is 0 Å². The van der Waals surface area contributed by atoms with Gasteiger partial charge in [0.25, 0.3) is 0 Å². The average molecular weight is 301 g/mol. The summed E-state index contributed by atoms with van der Waals surface area (Å²) in [5.74, 6) is 0.891. The largest absolute Gasteiger partial charge is 0.464 e. The third kappa shape index (κ3) is 3.70. The minimum Gasteiger partial charge on any atom is -0.464 e. The summed E-state index contributed by atoms with van der Waals surface area (Å²) >= 11 is 0. The number of carbonyl (C=O) groups excluding carboxylic acids is 1. The van der Waals surface area contributed by atoms with E-state index < -0.39 is 0 Å². The molecule has 0 N–H and O–H groups in total. The third-order valence-corrected chi connectivity index (χ3v) is 4.11. The topological polar surface area (TPSA) is 31.2 Å². The van der Waals surface area contributed by atoms with E-state index in [-0.39, 0.29) is 12.0 Å². The monoisotopic (exact) mass is 301 g/mol. The first kappa shape index (κ1) is 16.6. The molecule has 22 heavy (non-hydrogen) atoms. The number of benzene rings is 1. The number of rotatable bonds is 6. The second kappa shape index (κ2) is 6.99. The molecule has 0 radical (unpaired) electrons. The lowest BCUT2D eigenvalue weighted by atomic mass is 10.0. The molecule has 120 valence electrons. The highest BCUT2D eigenvalue weighted by atomic mass is 16.5. The molecule has 1 heterocycles. The van der Waals surface area contributed by atoms with Crippen LogP contribution in [0.4, 0.5) is 0 Å². The summed E-state index contributed by atoms with van der Waals surface area (Å²) in [5, 5.41) is 1.17. The molecule has 2 rings (SSSR count). The van der Waals surface area contributed by atoms with E-state index >= 15 is 0 Å². The molecule has 0 spiro atoms. The Kier molecular flexibility index (Phi) is 5.28. The molecule has 0 bridgehead atoms. The van der Waals surface area contributed by atoms with Crippen molar-refractivity contribution in [2.45, 2.75) is 53.0 Å². The number of aromatic nitrogens is 1. The molecule has 0 saturated heterocycles. The summed E-state index contributed by atoms with van der Waals surface area (Å²) in [6.07, 6.45) is 2.88. The van der Waals surface area contributed by atoms with E-state index in [1.807, 2.05) is 17.7 Å². The van der Waals surface area contributed by atoms with Crippen molar-refractivity contribution in [3.63, 3.8) is 0 Å². The number of carbonyl (C=O) groups is 1. The fourth-order valence-electron chi connectivity index (χ4n) is 2.51. The standard InChI is InChI=1S/C19H27NO2/c1-13(2)9-11-22-19(21)15(5)20-10-8-17-12-16(14(3)4)6-7-18(17)20/h6-8,10,12-15H,9,11H2,1-5H3.